The van der Waals surface area contributed by atoms with Crippen LogP contribution in [-0.2, 0) is 0 Å². The van der Waals surface area contributed by atoms with Crippen LogP contribution in [0.2, 0.25) is 0 Å². The number of ether oxygens (including phenoxy) is 1. The van der Waals surface area contributed by atoms with Gasteiger partial charge in [-0.2, -0.15) is 0 Å². The van der Waals surface area contributed by atoms with E-state index in [0.29, 0.717) is 0 Å². The SMILES string of the molecule is COc1cc(-c2ccco2)cc(-n2cnnn2)c1. The van der Waals surface area contributed by atoms with Gasteiger partial charge in [0.25, 0.3) is 0 Å². The molecule has 0 aliphatic carbocycles. The second kappa shape index (κ2) is 4.33. The number of aromatic nitrogens is 4. The van der Waals surface area contributed by atoms with E-state index in [4.69, 9.17) is 9.15 Å². The molecule has 0 radical (unpaired) electrons. The van der Waals surface area contributed by atoms with Gasteiger partial charge in [-0.3, -0.25) is 0 Å². The number of furan rings is 1. The monoisotopic (exact) mass is 242 g/mol. The largest absolute Gasteiger partial charge is 0.497 e. The summed E-state index contributed by atoms with van der Waals surface area (Å²) in [5.74, 6) is 1.48. The number of hydrogen-bond acceptors (Lipinski definition) is 5. The zero-order valence-electron chi connectivity index (χ0n) is 9.65. The van der Waals surface area contributed by atoms with Crippen molar-refractivity contribution in [1.82, 2.24) is 20.2 Å². The second-order valence-corrected chi connectivity index (χ2v) is 3.65. The minimum Gasteiger partial charge on any atom is -0.497 e. The van der Waals surface area contributed by atoms with E-state index in [-0.39, 0.29) is 0 Å². The molecule has 2 aromatic heterocycles. The van der Waals surface area contributed by atoms with Crippen LogP contribution in [0.25, 0.3) is 17.0 Å². The first kappa shape index (κ1) is 10.5. The number of benzene rings is 1. The molecule has 0 saturated heterocycles. The summed E-state index contributed by atoms with van der Waals surface area (Å²) in [6, 6.07) is 9.40. The van der Waals surface area contributed by atoms with E-state index in [1.807, 2.05) is 30.3 Å². The van der Waals surface area contributed by atoms with Crippen LogP contribution in [0.3, 0.4) is 0 Å². The lowest BCUT2D eigenvalue weighted by atomic mass is 10.1. The molecule has 6 nitrogen and oxygen atoms in total. The topological polar surface area (TPSA) is 66.0 Å². The molecule has 0 spiro atoms. The van der Waals surface area contributed by atoms with Crippen LogP contribution < -0.4 is 4.74 Å². The number of nitrogens with zero attached hydrogens (tertiary/aromatic N) is 4. The highest BCUT2D eigenvalue weighted by Gasteiger charge is 2.07. The van der Waals surface area contributed by atoms with Gasteiger partial charge in [0.2, 0.25) is 0 Å². The van der Waals surface area contributed by atoms with E-state index < -0.39 is 0 Å². The third-order valence-electron chi connectivity index (χ3n) is 2.55. The van der Waals surface area contributed by atoms with Crippen molar-refractivity contribution < 1.29 is 9.15 Å². The summed E-state index contributed by atoms with van der Waals surface area (Å²) in [4.78, 5) is 0. The van der Waals surface area contributed by atoms with Crippen molar-refractivity contribution in [1.29, 1.82) is 0 Å². The van der Waals surface area contributed by atoms with Gasteiger partial charge in [0.15, 0.2) is 0 Å². The molecule has 1 aromatic carbocycles. The van der Waals surface area contributed by atoms with Gasteiger partial charge in [0.1, 0.15) is 17.8 Å². The molecule has 0 N–H and O–H groups in total. The Hall–Kier alpha value is -2.63. The smallest absolute Gasteiger partial charge is 0.143 e. The van der Waals surface area contributed by atoms with Gasteiger partial charge in [0, 0.05) is 11.6 Å². The molecule has 3 aromatic rings. The van der Waals surface area contributed by atoms with E-state index in [1.54, 1.807) is 18.1 Å². The molecule has 0 atom stereocenters. The Balaban J connectivity index is 2.13. The number of tetrazole rings is 1. The van der Waals surface area contributed by atoms with Crippen molar-refractivity contribution in [3.05, 3.63) is 42.9 Å². The summed E-state index contributed by atoms with van der Waals surface area (Å²) in [5, 5.41) is 11.1. The summed E-state index contributed by atoms with van der Waals surface area (Å²) in [6.45, 7) is 0. The summed E-state index contributed by atoms with van der Waals surface area (Å²) in [7, 11) is 1.62. The van der Waals surface area contributed by atoms with Crippen LogP contribution in [0.15, 0.2) is 47.3 Å². The molecule has 2 heterocycles. The van der Waals surface area contributed by atoms with Crippen molar-refractivity contribution in [2.75, 3.05) is 7.11 Å². The maximum absolute atomic E-state index is 5.37. The van der Waals surface area contributed by atoms with Crippen molar-refractivity contribution in [2.24, 2.45) is 0 Å². The van der Waals surface area contributed by atoms with Crippen LogP contribution in [0, 0.1) is 0 Å². The van der Waals surface area contributed by atoms with E-state index in [2.05, 4.69) is 15.5 Å². The number of methoxy groups -OCH3 is 1. The molecule has 18 heavy (non-hydrogen) atoms. The highest BCUT2D eigenvalue weighted by Crippen LogP contribution is 2.27. The van der Waals surface area contributed by atoms with E-state index in [9.17, 15) is 0 Å². The summed E-state index contributed by atoms with van der Waals surface area (Å²) in [6.07, 6.45) is 3.16. The molecule has 6 heteroatoms. The quantitative estimate of drug-likeness (QED) is 0.702. The van der Waals surface area contributed by atoms with E-state index in [1.165, 1.54) is 6.33 Å². The van der Waals surface area contributed by atoms with Crippen LogP contribution in [-0.4, -0.2) is 27.3 Å². The van der Waals surface area contributed by atoms with Crippen LogP contribution in [0.4, 0.5) is 0 Å². The van der Waals surface area contributed by atoms with Crippen molar-refractivity contribution >= 4 is 0 Å². The molecular weight excluding hydrogens is 232 g/mol. The summed E-state index contributed by atoms with van der Waals surface area (Å²) in [5.41, 5.74) is 1.72. The van der Waals surface area contributed by atoms with Gasteiger partial charge >= 0.3 is 0 Å². The van der Waals surface area contributed by atoms with Gasteiger partial charge in [-0.15, -0.1) is 5.10 Å². The van der Waals surface area contributed by atoms with E-state index >= 15 is 0 Å². The Morgan fingerprint density at radius 1 is 1.28 bits per heavy atom. The lowest BCUT2D eigenvalue weighted by Crippen LogP contribution is -1.96. The lowest BCUT2D eigenvalue weighted by molar-refractivity contribution is 0.414. The highest BCUT2D eigenvalue weighted by molar-refractivity contribution is 5.63. The predicted octanol–water partition coefficient (Wildman–Crippen LogP) is 1.93. The molecule has 0 aliphatic rings. The highest BCUT2D eigenvalue weighted by atomic mass is 16.5. The molecule has 0 unspecified atom stereocenters. The molecule has 90 valence electrons. The van der Waals surface area contributed by atoms with Gasteiger partial charge in [0.05, 0.1) is 19.1 Å². The zero-order chi connectivity index (χ0) is 12.4. The lowest BCUT2D eigenvalue weighted by Gasteiger charge is -2.06. The second-order valence-electron chi connectivity index (χ2n) is 3.65. The Bertz CT molecular complexity index is 580. The first-order chi connectivity index (χ1) is 8.86. The number of hydrogen-bond donors (Lipinski definition) is 0. The van der Waals surface area contributed by atoms with Crippen molar-refractivity contribution in [3.8, 4) is 22.8 Å². The van der Waals surface area contributed by atoms with Crippen LogP contribution in [0.1, 0.15) is 0 Å². The standard InChI is InChI=1S/C12H10N4O2/c1-17-11-6-9(12-3-2-4-18-12)5-10(7-11)16-8-13-14-15-16/h2-8H,1H3. The minimum atomic E-state index is 0.717. The van der Waals surface area contributed by atoms with Gasteiger partial charge in [-0.05, 0) is 34.7 Å². The van der Waals surface area contributed by atoms with Crippen molar-refractivity contribution in [2.45, 2.75) is 0 Å². The van der Waals surface area contributed by atoms with Gasteiger partial charge < -0.3 is 9.15 Å². The third kappa shape index (κ3) is 1.84. The molecule has 0 amide bonds. The predicted molar refractivity (Wildman–Crippen MR) is 63.4 cm³/mol. The molecule has 0 saturated carbocycles. The van der Waals surface area contributed by atoms with Gasteiger partial charge in [-0.1, -0.05) is 0 Å². The summed E-state index contributed by atoms with van der Waals surface area (Å²) < 4.78 is 12.2. The average Bonchev–Trinajstić information content (AvgIpc) is 3.10. The van der Waals surface area contributed by atoms with E-state index in [0.717, 1.165) is 22.8 Å². The fourth-order valence-corrected chi connectivity index (χ4v) is 1.70. The molecule has 0 aliphatic heterocycles. The fraction of sp³-hybridized carbons (Fsp3) is 0.0833. The molecule has 0 bridgehead atoms. The van der Waals surface area contributed by atoms with Gasteiger partial charge in [-0.25, -0.2) is 4.68 Å². The third-order valence-corrected chi connectivity index (χ3v) is 2.55. The Labute approximate surface area is 103 Å². The molecule has 0 fully saturated rings. The van der Waals surface area contributed by atoms with Crippen LogP contribution >= 0.6 is 0 Å². The molecule has 3 rings (SSSR count). The zero-order valence-corrected chi connectivity index (χ0v) is 9.65. The van der Waals surface area contributed by atoms with Crippen LogP contribution in [0.5, 0.6) is 5.75 Å². The Morgan fingerprint density at radius 2 is 2.22 bits per heavy atom. The maximum atomic E-state index is 5.37. The molecular formula is C12H10N4O2. The average molecular weight is 242 g/mol. The normalized spacial score (nSPS) is 10.5. The minimum absolute atomic E-state index is 0.717. The van der Waals surface area contributed by atoms with Crippen molar-refractivity contribution in [3.63, 3.8) is 0 Å². The summed E-state index contributed by atoms with van der Waals surface area (Å²) >= 11 is 0. The maximum Gasteiger partial charge on any atom is 0.143 e. The fourth-order valence-electron chi connectivity index (χ4n) is 1.70. The number of rotatable bonds is 3. The first-order valence-corrected chi connectivity index (χ1v) is 5.33. The first-order valence-electron chi connectivity index (χ1n) is 5.33. The Morgan fingerprint density at radius 3 is 2.89 bits per heavy atom. The Kier molecular flexibility index (Phi) is 2.53.